The zero-order valence-corrected chi connectivity index (χ0v) is 7.32. The molecular formula is C9H11NS. The second kappa shape index (κ2) is 2.78. The van der Waals surface area contributed by atoms with Crippen LogP contribution in [0.1, 0.15) is 10.8 Å². The molecule has 1 heterocycles. The zero-order chi connectivity index (χ0) is 7.68. The highest BCUT2D eigenvalue weighted by Crippen LogP contribution is 2.36. The second-order valence-corrected chi connectivity index (χ2v) is 3.73. The first kappa shape index (κ1) is 7.04. The molecule has 1 aromatic rings. The molecule has 2 rings (SSSR count). The Morgan fingerprint density at radius 1 is 1.45 bits per heavy atom. The fourth-order valence-electron chi connectivity index (χ4n) is 1.46. The molecule has 0 amide bonds. The summed E-state index contributed by atoms with van der Waals surface area (Å²) < 4.78 is 0. The van der Waals surface area contributed by atoms with Crippen molar-refractivity contribution in [3.63, 3.8) is 0 Å². The third kappa shape index (κ3) is 1.11. The maximum atomic E-state index is 3.38. The summed E-state index contributed by atoms with van der Waals surface area (Å²) in [7, 11) is 0. The van der Waals surface area contributed by atoms with Gasteiger partial charge in [-0.1, -0.05) is 18.2 Å². The molecule has 0 saturated heterocycles. The van der Waals surface area contributed by atoms with Crippen molar-refractivity contribution in [2.45, 2.75) is 5.25 Å². The molecule has 0 spiro atoms. The smallest absolute Gasteiger partial charge is 0.0487 e. The van der Waals surface area contributed by atoms with Gasteiger partial charge in [0, 0.05) is 17.5 Å². The van der Waals surface area contributed by atoms with E-state index in [-0.39, 0.29) is 0 Å². The van der Waals surface area contributed by atoms with Gasteiger partial charge in [0.05, 0.1) is 0 Å². The van der Waals surface area contributed by atoms with E-state index in [1.807, 2.05) is 11.8 Å². The lowest BCUT2D eigenvalue weighted by atomic mass is 10.2. The zero-order valence-electron chi connectivity index (χ0n) is 6.50. The largest absolute Gasteiger partial charge is 0.383 e. The van der Waals surface area contributed by atoms with Crippen molar-refractivity contribution in [2.24, 2.45) is 0 Å². The number of hydrogen-bond acceptors (Lipinski definition) is 2. The van der Waals surface area contributed by atoms with Crippen molar-refractivity contribution >= 4 is 17.4 Å². The molecule has 1 aliphatic rings. The molecule has 1 aromatic carbocycles. The van der Waals surface area contributed by atoms with E-state index >= 15 is 0 Å². The van der Waals surface area contributed by atoms with E-state index in [9.17, 15) is 0 Å². The Bertz CT molecular complexity index is 259. The summed E-state index contributed by atoms with van der Waals surface area (Å²) in [6.07, 6.45) is 2.16. The lowest BCUT2D eigenvalue weighted by molar-refractivity contribution is 1.07. The molecule has 0 aromatic heterocycles. The first-order chi connectivity index (χ1) is 5.42. The predicted octanol–water partition coefficient (Wildman–Crippen LogP) is 2.52. The van der Waals surface area contributed by atoms with E-state index in [1.165, 1.54) is 11.3 Å². The van der Waals surface area contributed by atoms with E-state index in [4.69, 9.17) is 0 Å². The van der Waals surface area contributed by atoms with Crippen molar-refractivity contribution in [2.75, 3.05) is 18.1 Å². The van der Waals surface area contributed by atoms with Crippen LogP contribution in [-0.4, -0.2) is 12.8 Å². The maximum Gasteiger partial charge on any atom is 0.0487 e. The minimum Gasteiger partial charge on any atom is -0.383 e. The lowest BCUT2D eigenvalue weighted by Gasteiger charge is -2.03. The van der Waals surface area contributed by atoms with Gasteiger partial charge in [0.15, 0.2) is 0 Å². The minimum atomic E-state index is 0.659. The van der Waals surface area contributed by atoms with Crippen LogP contribution in [0.25, 0.3) is 0 Å². The van der Waals surface area contributed by atoms with Gasteiger partial charge >= 0.3 is 0 Å². The van der Waals surface area contributed by atoms with Crippen molar-refractivity contribution in [3.05, 3.63) is 29.8 Å². The number of nitrogens with one attached hydrogen (secondary N) is 1. The lowest BCUT2D eigenvalue weighted by Crippen LogP contribution is -1.96. The molecule has 1 unspecified atom stereocenters. The highest BCUT2D eigenvalue weighted by atomic mass is 32.2. The topological polar surface area (TPSA) is 12.0 Å². The second-order valence-electron chi connectivity index (χ2n) is 2.69. The van der Waals surface area contributed by atoms with Crippen molar-refractivity contribution in [3.8, 4) is 0 Å². The standard InChI is InChI=1S/C9H11NS/c1-11-9-6-10-8-5-3-2-4-7(8)9/h2-5,9-10H,6H2,1H3. The first-order valence-electron chi connectivity index (χ1n) is 3.77. The molecule has 0 aliphatic carbocycles. The molecule has 11 heavy (non-hydrogen) atoms. The summed E-state index contributed by atoms with van der Waals surface area (Å²) >= 11 is 1.91. The fourth-order valence-corrected chi connectivity index (χ4v) is 2.17. The Morgan fingerprint density at radius 3 is 3.09 bits per heavy atom. The van der Waals surface area contributed by atoms with Gasteiger partial charge in [-0.15, -0.1) is 0 Å². The number of benzene rings is 1. The number of hydrogen-bond donors (Lipinski definition) is 1. The van der Waals surface area contributed by atoms with Gasteiger partial charge in [-0.25, -0.2) is 0 Å². The van der Waals surface area contributed by atoms with Gasteiger partial charge in [-0.2, -0.15) is 11.8 Å². The van der Waals surface area contributed by atoms with Crippen LogP contribution in [0.4, 0.5) is 5.69 Å². The third-order valence-corrected chi connectivity index (χ3v) is 3.06. The molecule has 0 saturated carbocycles. The molecule has 2 heteroatoms. The average molecular weight is 165 g/mol. The molecule has 0 radical (unpaired) electrons. The molecule has 1 N–H and O–H groups in total. The van der Waals surface area contributed by atoms with E-state index in [0.717, 1.165) is 6.54 Å². The normalized spacial score (nSPS) is 21.0. The SMILES string of the molecule is CSC1CNc2ccccc21. The van der Waals surface area contributed by atoms with E-state index in [1.54, 1.807) is 0 Å². The quantitative estimate of drug-likeness (QED) is 0.686. The molecule has 1 aliphatic heterocycles. The Balaban J connectivity index is 2.39. The van der Waals surface area contributed by atoms with Gasteiger partial charge < -0.3 is 5.32 Å². The third-order valence-electron chi connectivity index (χ3n) is 2.07. The van der Waals surface area contributed by atoms with Crippen LogP contribution >= 0.6 is 11.8 Å². The summed E-state index contributed by atoms with van der Waals surface area (Å²) in [4.78, 5) is 0. The highest BCUT2D eigenvalue weighted by molar-refractivity contribution is 7.98. The Hall–Kier alpha value is -0.630. The van der Waals surface area contributed by atoms with Gasteiger partial charge in [0.2, 0.25) is 0 Å². The van der Waals surface area contributed by atoms with Crippen molar-refractivity contribution in [1.29, 1.82) is 0 Å². The van der Waals surface area contributed by atoms with Gasteiger partial charge in [0.25, 0.3) is 0 Å². The summed E-state index contributed by atoms with van der Waals surface area (Å²) in [5.41, 5.74) is 2.77. The first-order valence-corrected chi connectivity index (χ1v) is 5.06. The van der Waals surface area contributed by atoms with Crippen molar-refractivity contribution < 1.29 is 0 Å². The Kier molecular flexibility index (Phi) is 1.78. The molecule has 58 valence electrons. The van der Waals surface area contributed by atoms with Crippen LogP contribution < -0.4 is 5.32 Å². The van der Waals surface area contributed by atoms with Crippen LogP contribution in [0.3, 0.4) is 0 Å². The van der Waals surface area contributed by atoms with E-state index < -0.39 is 0 Å². The summed E-state index contributed by atoms with van der Waals surface area (Å²) in [6, 6.07) is 8.53. The van der Waals surface area contributed by atoms with Gasteiger partial charge in [-0.3, -0.25) is 0 Å². The van der Waals surface area contributed by atoms with Gasteiger partial charge in [-0.05, 0) is 17.9 Å². The van der Waals surface area contributed by atoms with E-state index in [0.29, 0.717) is 5.25 Å². The number of para-hydroxylation sites is 1. The fraction of sp³-hybridized carbons (Fsp3) is 0.333. The summed E-state index contributed by atoms with van der Waals surface area (Å²) in [5, 5.41) is 4.04. The highest BCUT2D eigenvalue weighted by Gasteiger charge is 2.19. The molecule has 1 nitrogen and oxygen atoms in total. The minimum absolute atomic E-state index is 0.659. The van der Waals surface area contributed by atoms with Crippen LogP contribution in [-0.2, 0) is 0 Å². The number of thioether (sulfide) groups is 1. The molecular weight excluding hydrogens is 154 g/mol. The Labute approximate surface area is 71.2 Å². The molecule has 0 fully saturated rings. The van der Waals surface area contributed by atoms with Crippen LogP contribution in [0, 0.1) is 0 Å². The Morgan fingerprint density at radius 2 is 2.27 bits per heavy atom. The molecule has 1 atom stereocenters. The average Bonchev–Trinajstić information content (AvgIpc) is 2.47. The van der Waals surface area contributed by atoms with Crippen LogP contribution in [0.15, 0.2) is 24.3 Å². The monoisotopic (exact) mass is 165 g/mol. The van der Waals surface area contributed by atoms with Crippen LogP contribution in [0.2, 0.25) is 0 Å². The van der Waals surface area contributed by atoms with Gasteiger partial charge in [0.1, 0.15) is 0 Å². The number of rotatable bonds is 1. The number of anilines is 1. The maximum absolute atomic E-state index is 3.38. The number of fused-ring (bicyclic) bond motifs is 1. The van der Waals surface area contributed by atoms with E-state index in [2.05, 4.69) is 35.8 Å². The summed E-state index contributed by atoms with van der Waals surface area (Å²) in [6.45, 7) is 1.08. The summed E-state index contributed by atoms with van der Waals surface area (Å²) in [5.74, 6) is 0. The van der Waals surface area contributed by atoms with Crippen LogP contribution in [0.5, 0.6) is 0 Å². The van der Waals surface area contributed by atoms with Crippen molar-refractivity contribution in [1.82, 2.24) is 0 Å². The predicted molar refractivity (Wildman–Crippen MR) is 51.2 cm³/mol. The molecule has 0 bridgehead atoms.